The van der Waals surface area contributed by atoms with Crippen molar-refractivity contribution in [2.24, 2.45) is 0 Å². The first-order chi connectivity index (χ1) is 8.99. The zero-order valence-electron chi connectivity index (χ0n) is 10.4. The number of carboxylic acid groups (broad SMARTS) is 1. The highest BCUT2D eigenvalue weighted by Crippen LogP contribution is 2.16. The highest BCUT2D eigenvalue weighted by Gasteiger charge is 2.17. The number of hydrogen-bond donors (Lipinski definition) is 1. The average Bonchev–Trinajstić information content (AvgIpc) is 2.96. The van der Waals surface area contributed by atoms with E-state index in [0.717, 1.165) is 0 Å². The highest BCUT2D eigenvalue weighted by molar-refractivity contribution is 7.84. The van der Waals surface area contributed by atoms with Gasteiger partial charge in [0.25, 0.3) is 0 Å². The Morgan fingerprint density at radius 2 is 2.26 bits per heavy atom. The summed E-state index contributed by atoms with van der Waals surface area (Å²) in [5.41, 5.74) is 0. The van der Waals surface area contributed by atoms with Gasteiger partial charge in [-0.2, -0.15) is 5.10 Å². The van der Waals surface area contributed by atoms with Crippen molar-refractivity contribution in [3.05, 3.63) is 30.0 Å². The maximum absolute atomic E-state index is 12.1. The molecule has 0 aromatic carbocycles. The second-order valence-corrected chi connectivity index (χ2v) is 5.51. The van der Waals surface area contributed by atoms with Gasteiger partial charge in [0.2, 0.25) is 5.76 Å². The van der Waals surface area contributed by atoms with Crippen LogP contribution >= 0.6 is 0 Å². The molecular weight excluding hydrogens is 270 g/mol. The second kappa shape index (κ2) is 5.35. The van der Waals surface area contributed by atoms with Crippen LogP contribution in [0, 0.1) is 0 Å². The molecule has 2 aromatic rings. The van der Waals surface area contributed by atoms with E-state index in [1.807, 2.05) is 13.8 Å². The Balaban J connectivity index is 2.16. The van der Waals surface area contributed by atoms with E-state index < -0.39 is 16.8 Å². The quantitative estimate of drug-likeness (QED) is 0.892. The van der Waals surface area contributed by atoms with Crippen LogP contribution in [0.5, 0.6) is 0 Å². The molecule has 2 heterocycles. The third-order valence-electron chi connectivity index (χ3n) is 2.41. The van der Waals surface area contributed by atoms with Crippen LogP contribution < -0.4 is 0 Å². The first-order valence-electron chi connectivity index (χ1n) is 5.59. The lowest BCUT2D eigenvalue weighted by Gasteiger charge is -2.08. The van der Waals surface area contributed by atoms with Gasteiger partial charge in [-0.25, -0.2) is 14.5 Å². The van der Waals surface area contributed by atoms with Crippen molar-refractivity contribution in [3.63, 3.8) is 0 Å². The van der Waals surface area contributed by atoms with Crippen molar-refractivity contribution in [2.45, 2.75) is 30.7 Å². The molecule has 0 amide bonds. The van der Waals surface area contributed by atoms with Crippen LogP contribution in [0.1, 0.15) is 36.3 Å². The molecule has 1 unspecified atom stereocenters. The lowest BCUT2D eigenvalue weighted by atomic mass is 10.4. The molecule has 1 N–H and O–H groups in total. The average molecular weight is 283 g/mol. The van der Waals surface area contributed by atoms with E-state index >= 15 is 0 Å². The molecule has 7 nitrogen and oxygen atoms in total. The van der Waals surface area contributed by atoms with Gasteiger partial charge in [-0.15, -0.1) is 0 Å². The Morgan fingerprint density at radius 3 is 2.84 bits per heavy atom. The first kappa shape index (κ1) is 13.5. The molecule has 0 aliphatic heterocycles. The molecule has 0 saturated carbocycles. The smallest absolute Gasteiger partial charge is 0.371 e. The maximum Gasteiger partial charge on any atom is 0.371 e. The van der Waals surface area contributed by atoms with Crippen LogP contribution in [0.3, 0.4) is 0 Å². The zero-order chi connectivity index (χ0) is 14.0. The van der Waals surface area contributed by atoms with Crippen molar-refractivity contribution < 1.29 is 18.5 Å². The molecule has 19 heavy (non-hydrogen) atoms. The monoisotopic (exact) mass is 283 g/mol. The largest absolute Gasteiger partial charge is 0.475 e. The van der Waals surface area contributed by atoms with Crippen molar-refractivity contribution in [3.8, 4) is 0 Å². The van der Waals surface area contributed by atoms with Crippen LogP contribution in [0.25, 0.3) is 0 Å². The Hall–Kier alpha value is -1.96. The normalized spacial score (nSPS) is 12.8. The summed E-state index contributed by atoms with van der Waals surface area (Å²) < 4.78 is 18.7. The standard InChI is InChI=1S/C11H13N3O4S/c1-7(2)14-9(12-6-13-14)5-19(17)10-4-3-8(18-10)11(15)16/h3-4,6-7H,5H2,1-2H3,(H,15,16). The number of aromatic carboxylic acids is 1. The van der Waals surface area contributed by atoms with Crippen LogP contribution in [0.4, 0.5) is 0 Å². The molecule has 0 fully saturated rings. The van der Waals surface area contributed by atoms with Crippen molar-refractivity contribution in [1.82, 2.24) is 14.8 Å². The van der Waals surface area contributed by atoms with Gasteiger partial charge in [-0.3, -0.25) is 4.21 Å². The van der Waals surface area contributed by atoms with E-state index in [1.54, 1.807) is 4.68 Å². The Morgan fingerprint density at radius 1 is 1.53 bits per heavy atom. The molecule has 0 saturated heterocycles. The van der Waals surface area contributed by atoms with E-state index in [-0.39, 0.29) is 22.6 Å². The molecule has 8 heteroatoms. The van der Waals surface area contributed by atoms with Crippen LogP contribution in [0.2, 0.25) is 0 Å². The molecule has 2 rings (SSSR count). The summed E-state index contributed by atoms with van der Waals surface area (Å²) in [6, 6.07) is 2.79. The predicted molar refractivity (Wildman–Crippen MR) is 66.2 cm³/mol. The molecule has 2 aromatic heterocycles. The Bertz CT molecular complexity index is 617. The fourth-order valence-electron chi connectivity index (χ4n) is 1.55. The molecular formula is C11H13N3O4S. The topological polar surface area (TPSA) is 98.2 Å². The fraction of sp³-hybridized carbons (Fsp3) is 0.364. The van der Waals surface area contributed by atoms with Gasteiger partial charge in [0, 0.05) is 6.04 Å². The Labute approximate surface area is 111 Å². The minimum Gasteiger partial charge on any atom is -0.475 e. The lowest BCUT2D eigenvalue weighted by molar-refractivity contribution is 0.0656. The van der Waals surface area contributed by atoms with Crippen molar-refractivity contribution in [1.29, 1.82) is 0 Å². The molecule has 0 aliphatic carbocycles. The molecule has 1 atom stereocenters. The number of carboxylic acids is 1. The molecule has 0 spiro atoms. The number of carbonyl (C=O) groups is 1. The number of nitrogens with zero attached hydrogens (tertiary/aromatic N) is 3. The van der Waals surface area contributed by atoms with Crippen LogP contribution in [0.15, 0.2) is 28.0 Å². The summed E-state index contributed by atoms with van der Waals surface area (Å²) in [5, 5.41) is 12.9. The van der Waals surface area contributed by atoms with E-state index in [9.17, 15) is 9.00 Å². The summed E-state index contributed by atoms with van der Waals surface area (Å²) in [7, 11) is -1.49. The van der Waals surface area contributed by atoms with Gasteiger partial charge >= 0.3 is 5.97 Å². The number of rotatable bonds is 5. The summed E-state index contributed by atoms with van der Waals surface area (Å²) >= 11 is 0. The van der Waals surface area contributed by atoms with E-state index in [2.05, 4.69) is 10.1 Å². The van der Waals surface area contributed by atoms with Gasteiger partial charge in [-0.1, -0.05) is 0 Å². The summed E-state index contributed by atoms with van der Waals surface area (Å²) in [4.78, 5) is 14.7. The number of hydrogen-bond acceptors (Lipinski definition) is 5. The van der Waals surface area contributed by atoms with Gasteiger partial charge in [0.1, 0.15) is 12.2 Å². The molecule has 0 aliphatic rings. The van der Waals surface area contributed by atoms with Gasteiger partial charge in [0.05, 0.1) is 16.6 Å². The first-order valence-corrected chi connectivity index (χ1v) is 6.91. The Kier molecular flexibility index (Phi) is 3.79. The van der Waals surface area contributed by atoms with Gasteiger partial charge in [0.15, 0.2) is 5.09 Å². The molecule has 0 bridgehead atoms. The van der Waals surface area contributed by atoms with Crippen LogP contribution in [-0.4, -0.2) is 30.0 Å². The van der Waals surface area contributed by atoms with Crippen molar-refractivity contribution >= 4 is 16.8 Å². The molecule has 0 radical (unpaired) electrons. The minimum absolute atomic E-state index is 0.112. The minimum atomic E-state index is -1.49. The van der Waals surface area contributed by atoms with E-state index in [1.165, 1.54) is 18.5 Å². The number of aromatic nitrogens is 3. The zero-order valence-corrected chi connectivity index (χ0v) is 11.3. The SMILES string of the molecule is CC(C)n1ncnc1CS(=O)c1ccc(C(=O)O)o1. The predicted octanol–water partition coefficient (Wildman–Crippen LogP) is 1.46. The lowest BCUT2D eigenvalue weighted by Crippen LogP contribution is -2.10. The van der Waals surface area contributed by atoms with Crippen molar-refractivity contribution in [2.75, 3.05) is 0 Å². The number of furan rings is 1. The third-order valence-corrected chi connectivity index (χ3v) is 3.60. The molecule has 102 valence electrons. The summed E-state index contributed by atoms with van der Waals surface area (Å²) in [6.07, 6.45) is 1.40. The van der Waals surface area contributed by atoms with E-state index in [4.69, 9.17) is 9.52 Å². The van der Waals surface area contributed by atoms with Gasteiger partial charge < -0.3 is 9.52 Å². The van der Waals surface area contributed by atoms with E-state index in [0.29, 0.717) is 5.82 Å². The summed E-state index contributed by atoms with van der Waals surface area (Å²) in [6.45, 7) is 3.88. The van der Waals surface area contributed by atoms with Crippen LogP contribution in [-0.2, 0) is 16.6 Å². The maximum atomic E-state index is 12.1. The van der Waals surface area contributed by atoms with Gasteiger partial charge in [-0.05, 0) is 26.0 Å². The highest BCUT2D eigenvalue weighted by atomic mass is 32.2. The second-order valence-electron chi connectivity index (χ2n) is 4.13. The summed E-state index contributed by atoms with van der Waals surface area (Å²) in [5.74, 6) is -0.714. The fourth-order valence-corrected chi connectivity index (χ4v) is 2.54. The third kappa shape index (κ3) is 2.90.